The molecular formula is C13H12F2O2S. The zero-order valence-corrected chi connectivity index (χ0v) is 10.7. The van der Waals surface area contributed by atoms with Gasteiger partial charge >= 0.3 is 0 Å². The van der Waals surface area contributed by atoms with Crippen molar-refractivity contribution in [2.24, 2.45) is 0 Å². The van der Waals surface area contributed by atoms with Crippen molar-refractivity contribution in [3.63, 3.8) is 0 Å². The maximum Gasteiger partial charge on any atom is 0.129 e. The Morgan fingerprint density at radius 3 is 2.56 bits per heavy atom. The van der Waals surface area contributed by atoms with Gasteiger partial charge in [0.05, 0.1) is 7.11 Å². The molecule has 2 rings (SSSR count). The van der Waals surface area contributed by atoms with E-state index in [4.69, 9.17) is 4.74 Å². The Bertz CT molecular complexity index is 566. The molecule has 2 nitrogen and oxygen atoms in total. The molecule has 0 radical (unpaired) electrons. The number of methoxy groups -OCH3 is 1. The largest absolute Gasteiger partial charge is 0.496 e. The molecule has 0 aliphatic carbocycles. The number of hydrogen-bond acceptors (Lipinski definition) is 3. The molecule has 1 heterocycles. The van der Waals surface area contributed by atoms with E-state index in [0.29, 0.717) is 10.6 Å². The number of aliphatic hydroxyl groups is 1. The van der Waals surface area contributed by atoms with Gasteiger partial charge in [-0.05, 0) is 30.7 Å². The topological polar surface area (TPSA) is 29.5 Å². The molecule has 0 bridgehead atoms. The monoisotopic (exact) mass is 270 g/mol. The lowest BCUT2D eigenvalue weighted by Crippen LogP contribution is -2.02. The van der Waals surface area contributed by atoms with Gasteiger partial charge in [0, 0.05) is 15.8 Å². The summed E-state index contributed by atoms with van der Waals surface area (Å²) < 4.78 is 32.1. The molecule has 5 heteroatoms. The number of benzene rings is 1. The molecule has 1 atom stereocenters. The van der Waals surface area contributed by atoms with Crippen LogP contribution in [0, 0.1) is 18.6 Å². The quantitative estimate of drug-likeness (QED) is 0.926. The third-order valence-corrected chi connectivity index (χ3v) is 3.64. The molecule has 2 aromatic rings. The smallest absolute Gasteiger partial charge is 0.129 e. The fourth-order valence-electron chi connectivity index (χ4n) is 1.61. The summed E-state index contributed by atoms with van der Waals surface area (Å²) in [6, 6.07) is 3.72. The van der Waals surface area contributed by atoms with Crippen molar-refractivity contribution in [1.29, 1.82) is 0 Å². The Kier molecular flexibility index (Phi) is 3.63. The summed E-state index contributed by atoms with van der Waals surface area (Å²) in [6.07, 6.45) is -1.19. The van der Waals surface area contributed by atoms with E-state index in [0.717, 1.165) is 12.1 Å². The van der Waals surface area contributed by atoms with Crippen LogP contribution in [0.15, 0.2) is 23.6 Å². The molecule has 0 saturated carbocycles. The van der Waals surface area contributed by atoms with Crippen LogP contribution in [0.5, 0.6) is 5.75 Å². The Morgan fingerprint density at radius 2 is 1.94 bits per heavy atom. The summed E-state index contributed by atoms with van der Waals surface area (Å²) in [4.78, 5) is 0.508. The second kappa shape index (κ2) is 5.04. The molecule has 0 saturated heterocycles. The molecule has 96 valence electrons. The SMILES string of the molecule is COc1csc(C(O)c2cc(F)c(C)cc2F)c1. The lowest BCUT2D eigenvalue weighted by Gasteiger charge is -2.11. The molecule has 0 fully saturated rings. The Morgan fingerprint density at radius 1 is 1.22 bits per heavy atom. The summed E-state index contributed by atoms with van der Waals surface area (Å²) in [5.74, 6) is -0.565. The van der Waals surface area contributed by atoms with Crippen molar-refractivity contribution < 1.29 is 18.6 Å². The van der Waals surface area contributed by atoms with Gasteiger partial charge in [-0.2, -0.15) is 0 Å². The first-order valence-electron chi connectivity index (χ1n) is 5.29. The minimum absolute atomic E-state index is 0.0670. The van der Waals surface area contributed by atoms with Crippen LogP contribution in [0.3, 0.4) is 0 Å². The number of rotatable bonds is 3. The van der Waals surface area contributed by atoms with E-state index in [1.165, 1.54) is 25.4 Å². The van der Waals surface area contributed by atoms with Gasteiger partial charge in [0.15, 0.2) is 0 Å². The second-order valence-electron chi connectivity index (χ2n) is 3.91. The van der Waals surface area contributed by atoms with Gasteiger partial charge in [-0.1, -0.05) is 0 Å². The predicted molar refractivity (Wildman–Crippen MR) is 66.0 cm³/mol. The van der Waals surface area contributed by atoms with Gasteiger partial charge < -0.3 is 9.84 Å². The maximum absolute atomic E-state index is 13.7. The van der Waals surface area contributed by atoms with Gasteiger partial charge in [-0.15, -0.1) is 11.3 Å². The first-order valence-corrected chi connectivity index (χ1v) is 6.17. The maximum atomic E-state index is 13.7. The van der Waals surface area contributed by atoms with Crippen LogP contribution < -0.4 is 4.74 Å². The van der Waals surface area contributed by atoms with Crippen LogP contribution in [0.25, 0.3) is 0 Å². The molecule has 1 N–H and O–H groups in total. The lowest BCUT2D eigenvalue weighted by atomic mass is 10.0. The van der Waals surface area contributed by atoms with E-state index >= 15 is 0 Å². The molecule has 18 heavy (non-hydrogen) atoms. The van der Waals surface area contributed by atoms with Crippen molar-refractivity contribution in [1.82, 2.24) is 0 Å². The van der Waals surface area contributed by atoms with E-state index in [9.17, 15) is 13.9 Å². The Balaban J connectivity index is 2.39. The number of aliphatic hydroxyl groups excluding tert-OH is 1. The minimum Gasteiger partial charge on any atom is -0.496 e. The third-order valence-electron chi connectivity index (χ3n) is 2.67. The van der Waals surface area contributed by atoms with Crippen LogP contribution in [0.4, 0.5) is 8.78 Å². The summed E-state index contributed by atoms with van der Waals surface area (Å²) in [5, 5.41) is 11.7. The van der Waals surface area contributed by atoms with Crippen LogP contribution >= 0.6 is 11.3 Å². The molecule has 0 amide bonds. The number of aryl methyl sites for hydroxylation is 1. The van der Waals surface area contributed by atoms with Gasteiger partial charge in [0.2, 0.25) is 0 Å². The summed E-state index contributed by atoms with van der Waals surface area (Å²) in [5.41, 5.74) is 0.148. The average Bonchev–Trinajstić information content (AvgIpc) is 2.81. The van der Waals surface area contributed by atoms with E-state index in [2.05, 4.69) is 0 Å². The van der Waals surface area contributed by atoms with Crippen LogP contribution in [-0.4, -0.2) is 12.2 Å². The lowest BCUT2D eigenvalue weighted by molar-refractivity contribution is 0.217. The van der Waals surface area contributed by atoms with Crippen molar-refractivity contribution in [3.8, 4) is 5.75 Å². The van der Waals surface area contributed by atoms with Crippen molar-refractivity contribution >= 4 is 11.3 Å². The molecule has 1 aromatic carbocycles. The highest BCUT2D eigenvalue weighted by Crippen LogP contribution is 2.32. The standard InChI is InChI=1S/C13H12F2O2S/c1-7-3-11(15)9(5-10(7)14)13(16)12-4-8(17-2)6-18-12/h3-6,13,16H,1-2H3. The van der Waals surface area contributed by atoms with E-state index in [1.807, 2.05) is 0 Å². The highest BCUT2D eigenvalue weighted by molar-refractivity contribution is 7.10. The predicted octanol–water partition coefficient (Wildman–Crippen LogP) is 3.43. The first-order chi connectivity index (χ1) is 8.52. The van der Waals surface area contributed by atoms with Crippen molar-refractivity contribution in [2.75, 3.05) is 7.11 Å². The summed E-state index contributed by atoms with van der Waals surface area (Å²) >= 11 is 1.23. The normalized spacial score (nSPS) is 12.5. The van der Waals surface area contributed by atoms with Gasteiger partial charge in [-0.25, -0.2) is 8.78 Å². The minimum atomic E-state index is -1.19. The molecule has 0 spiro atoms. The molecular weight excluding hydrogens is 258 g/mol. The number of thiophene rings is 1. The number of hydrogen-bond donors (Lipinski definition) is 1. The van der Waals surface area contributed by atoms with Gasteiger partial charge in [0.25, 0.3) is 0 Å². The van der Waals surface area contributed by atoms with E-state index in [-0.39, 0.29) is 11.1 Å². The van der Waals surface area contributed by atoms with Crippen LogP contribution in [0.2, 0.25) is 0 Å². The second-order valence-corrected chi connectivity index (χ2v) is 4.86. The van der Waals surface area contributed by atoms with Gasteiger partial charge in [0.1, 0.15) is 23.5 Å². The zero-order valence-electron chi connectivity index (χ0n) is 9.91. The highest BCUT2D eigenvalue weighted by atomic mass is 32.1. The van der Waals surface area contributed by atoms with E-state index < -0.39 is 17.7 Å². The molecule has 0 aliphatic heterocycles. The van der Waals surface area contributed by atoms with Crippen LogP contribution in [-0.2, 0) is 0 Å². The molecule has 1 aromatic heterocycles. The van der Waals surface area contributed by atoms with Crippen molar-refractivity contribution in [3.05, 3.63) is 51.2 Å². The van der Waals surface area contributed by atoms with Crippen LogP contribution in [0.1, 0.15) is 22.1 Å². The molecule has 0 aliphatic rings. The zero-order chi connectivity index (χ0) is 13.3. The molecule has 1 unspecified atom stereocenters. The fraction of sp³-hybridized carbons (Fsp3) is 0.231. The van der Waals surface area contributed by atoms with Crippen molar-refractivity contribution in [2.45, 2.75) is 13.0 Å². The number of ether oxygens (including phenoxy) is 1. The summed E-state index contributed by atoms with van der Waals surface area (Å²) in [6.45, 7) is 1.47. The first kappa shape index (κ1) is 13.0. The van der Waals surface area contributed by atoms with Gasteiger partial charge in [-0.3, -0.25) is 0 Å². The highest BCUT2D eigenvalue weighted by Gasteiger charge is 2.19. The summed E-state index contributed by atoms with van der Waals surface area (Å²) in [7, 11) is 1.50. The number of halogens is 2. The average molecular weight is 270 g/mol. The Labute approximate surface area is 107 Å². The fourth-order valence-corrected chi connectivity index (χ4v) is 2.47. The Hall–Kier alpha value is -1.46. The van der Waals surface area contributed by atoms with E-state index in [1.54, 1.807) is 11.4 Å². The third kappa shape index (κ3) is 2.37.